The highest BCUT2D eigenvalue weighted by atomic mass is 16.5. The molecule has 4 heterocycles. The lowest BCUT2D eigenvalue weighted by atomic mass is 9.77. The predicted octanol–water partition coefficient (Wildman–Crippen LogP) is 2.82. The summed E-state index contributed by atoms with van der Waals surface area (Å²) >= 11 is 0. The topological polar surface area (TPSA) is 83.7 Å². The maximum absolute atomic E-state index is 13.5. The van der Waals surface area contributed by atoms with Crippen LogP contribution in [-0.4, -0.2) is 48.7 Å². The number of aromatic nitrogens is 1. The molecule has 3 aliphatic rings. The Balaban J connectivity index is 1.19. The van der Waals surface area contributed by atoms with Gasteiger partial charge in [-0.15, -0.1) is 0 Å². The minimum absolute atomic E-state index is 0.0943. The monoisotopic (exact) mass is 443 g/mol. The SMILES string of the molecule is COc1ccccc1N1C[C@@]23C=C[C@H](O2)[C@H](C(=O)NCCc2c[nH]c4ccccc24)[C@@H]3C1=O. The van der Waals surface area contributed by atoms with Crippen molar-refractivity contribution in [1.82, 2.24) is 10.3 Å². The van der Waals surface area contributed by atoms with Gasteiger partial charge in [-0.25, -0.2) is 0 Å². The second kappa shape index (κ2) is 7.49. The Morgan fingerprint density at radius 1 is 1.24 bits per heavy atom. The van der Waals surface area contributed by atoms with Crippen molar-refractivity contribution in [1.29, 1.82) is 0 Å². The van der Waals surface area contributed by atoms with Crippen LogP contribution in [0, 0.1) is 11.8 Å². The molecule has 168 valence electrons. The van der Waals surface area contributed by atoms with Crippen molar-refractivity contribution in [2.24, 2.45) is 11.8 Å². The average Bonchev–Trinajstić information content (AvgIpc) is 3.59. The van der Waals surface area contributed by atoms with Crippen molar-refractivity contribution < 1.29 is 19.1 Å². The van der Waals surface area contributed by atoms with E-state index >= 15 is 0 Å². The summed E-state index contributed by atoms with van der Waals surface area (Å²) in [6.07, 6.45) is 6.22. The van der Waals surface area contributed by atoms with E-state index in [1.165, 1.54) is 0 Å². The molecule has 0 radical (unpaired) electrons. The molecule has 33 heavy (non-hydrogen) atoms. The van der Waals surface area contributed by atoms with E-state index in [0.29, 0.717) is 30.9 Å². The lowest BCUT2D eigenvalue weighted by Gasteiger charge is -2.23. The Hall–Kier alpha value is -3.58. The Bertz CT molecular complexity index is 1280. The van der Waals surface area contributed by atoms with Gasteiger partial charge in [0.15, 0.2) is 0 Å². The number of nitrogens with one attached hydrogen (secondary N) is 2. The number of hydrogen-bond acceptors (Lipinski definition) is 4. The van der Waals surface area contributed by atoms with E-state index in [-0.39, 0.29) is 17.9 Å². The first-order valence-electron chi connectivity index (χ1n) is 11.3. The number of ether oxygens (including phenoxy) is 2. The van der Waals surface area contributed by atoms with Gasteiger partial charge in [0.25, 0.3) is 0 Å². The molecule has 4 atom stereocenters. The molecule has 1 spiro atoms. The van der Waals surface area contributed by atoms with Gasteiger partial charge in [0, 0.05) is 23.6 Å². The summed E-state index contributed by atoms with van der Waals surface area (Å²) in [5.74, 6) is -0.675. The number of aromatic amines is 1. The van der Waals surface area contributed by atoms with E-state index in [0.717, 1.165) is 16.5 Å². The molecule has 0 saturated carbocycles. The number of nitrogens with zero attached hydrogens (tertiary/aromatic N) is 1. The summed E-state index contributed by atoms with van der Waals surface area (Å²) in [7, 11) is 1.59. The van der Waals surface area contributed by atoms with Gasteiger partial charge in [-0.05, 0) is 30.2 Å². The Morgan fingerprint density at radius 3 is 2.94 bits per heavy atom. The van der Waals surface area contributed by atoms with Crippen LogP contribution in [0.3, 0.4) is 0 Å². The number of rotatable bonds is 6. The summed E-state index contributed by atoms with van der Waals surface area (Å²) in [6, 6.07) is 15.6. The number of anilines is 1. The molecule has 1 aromatic heterocycles. The van der Waals surface area contributed by atoms with E-state index in [4.69, 9.17) is 9.47 Å². The highest BCUT2D eigenvalue weighted by molar-refractivity contribution is 6.04. The number of H-pyrrole nitrogens is 1. The van der Waals surface area contributed by atoms with Crippen molar-refractivity contribution in [3.05, 3.63) is 72.4 Å². The van der Waals surface area contributed by atoms with Gasteiger partial charge < -0.3 is 24.7 Å². The number of para-hydroxylation sites is 3. The van der Waals surface area contributed by atoms with Crippen molar-refractivity contribution in [3.8, 4) is 5.75 Å². The summed E-state index contributed by atoms with van der Waals surface area (Å²) in [4.78, 5) is 31.7. The van der Waals surface area contributed by atoms with Crippen molar-refractivity contribution in [3.63, 3.8) is 0 Å². The lowest BCUT2D eigenvalue weighted by molar-refractivity contribution is -0.131. The summed E-state index contributed by atoms with van der Waals surface area (Å²) in [6.45, 7) is 0.876. The molecule has 0 aliphatic carbocycles. The average molecular weight is 444 g/mol. The number of carbonyl (C=O) groups is 2. The molecular formula is C26H25N3O4. The Labute approximate surface area is 191 Å². The first-order valence-corrected chi connectivity index (χ1v) is 11.3. The molecule has 3 aliphatic heterocycles. The maximum Gasteiger partial charge on any atom is 0.234 e. The molecule has 3 aromatic rings. The third-order valence-corrected chi connectivity index (χ3v) is 7.15. The van der Waals surface area contributed by atoms with Gasteiger partial charge in [-0.3, -0.25) is 9.59 Å². The van der Waals surface area contributed by atoms with Crippen LogP contribution in [0.1, 0.15) is 5.56 Å². The van der Waals surface area contributed by atoms with Crippen LogP contribution in [0.4, 0.5) is 5.69 Å². The van der Waals surface area contributed by atoms with E-state index < -0.39 is 17.4 Å². The van der Waals surface area contributed by atoms with Gasteiger partial charge in [0.1, 0.15) is 11.4 Å². The molecule has 7 heteroatoms. The van der Waals surface area contributed by atoms with Crippen molar-refractivity contribution in [2.75, 3.05) is 25.1 Å². The van der Waals surface area contributed by atoms with E-state index in [1.807, 2.05) is 60.8 Å². The van der Waals surface area contributed by atoms with E-state index in [1.54, 1.807) is 12.0 Å². The third kappa shape index (κ3) is 2.99. The van der Waals surface area contributed by atoms with Crippen LogP contribution in [0.2, 0.25) is 0 Å². The van der Waals surface area contributed by atoms with Gasteiger partial charge in [0.05, 0.1) is 37.3 Å². The fraction of sp³-hybridized carbons (Fsp3) is 0.308. The molecule has 2 saturated heterocycles. The van der Waals surface area contributed by atoms with Crippen LogP contribution in [-0.2, 0) is 20.7 Å². The second-order valence-electron chi connectivity index (χ2n) is 8.90. The summed E-state index contributed by atoms with van der Waals surface area (Å²) in [5.41, 5.74) is 2.18. The van der Waals surface area contributed by atoms with Gasteiger partial charge in [-0.1, -0.05) is 42.5 Å². The second-order valence-corrected chi connectivity index (χ2v) is 8.90. The maximum atomic E-state index is 13.5. The third-order valence-electron chi connectivity index (χ3n) is 7.15. The Morgan fingerprint density at radius 2 is 2.06 bits per heavy atom. The van der Waals surface area contributed by atoms with Crippen LogP contribution in [0.15, 0.2) is 66.9 Å². The molecular weight excluding hydrogens is 418 g/mol. The minimum atomic E-state index is -0.762. The quantitative estimate of drug-likeness (QED) is 0.574. The number of amides is 2. The highest BCUT2D eigenvalue weighted by Crippen LogP contribution is 2.53. The number of methoxy groups -OCH3 is 1. The van der Waals surface area contributed by atoms with Crippen molar-refractivity contribution >= 4 is 28.4 Å². The number of hydrogen-bond donors (Lipinski definition) is 2. The molecule has 2 N–H and O–H groups in total. The van der Waals surface area contributed by atoms with Gasteiger partial charge in [-0.2, -0.15) is 0 Å². The first kappa shape index (κ1) is 20.1. The number of carbonyl (C=O) groups excluding carboxylic acids is 2. The molecule has 6 rings (SSSR count). The summed E-state index contributed by atoms with van der Waals surface area (Å²) in [5, 5.41) is 4.22. The van der Waals surface area contributed by atoms with Crippen molar-refractivity contribution in [2.45, 2.75) is 18.1 Å². The Kier molecular flexibility index (Phi) is 4.55. The zero-order valence-corrected chi connectivity index (χ0v) is 18.3. The standard InChI is InChI=1S/C26H25N3O4/c1-32-20-9-5-4-8-19(20)29-15-26-12-10-21(33-26)22(23(26)25(29)31)24(30)27-13-11-16-14-28-18-7-3-2-6-17(16)18/h2-10,12,14,21-23,28H,11,13,15H2,1H3,(H,27,30)/t21-,22-,23+,26+/m0/s1. The van der Waals surface area contributed by atoms with Crippen LogP contribution in [0.25, 0.3) is 10.9 Å². The van der Waals surface area contributed by atoms with Crippen LogP contribution >= 0.6 is 0 Å². The smallest absolute Gasteiger partial charge is 0.234 e. The molecule has 2 bridgehead atoms. The number of fused-ring (bicyclic) bond motifs is 2. The largest absolute Gasteiger partial charge is 0.495 e. The van der Waals surface area contributed by atoms with Crippen LogP contribution in [0.5, 0.6) is 5.75 Å². The van der Waals surface area contributed by atoms with Crippen LogP contribution < -0.4 is 15.0 Å². The van der Waals surface area contributed by atoms with E-state index in [2.05, 4.69) is 16.4 Å². The molecule has 2 amide bonds. The fourth-order valence-corrected chi connectivity index (χ4v) is 5.63. The molecule has 2 aromatic carbocycles. The first-order chi connectivity index (χ1) is 16.1. The predicted molar refractivity (Wildman–Crippen MR) is 124 cm³/mol. The normalized spacial score (nSPS) is 27.4. The molecule has 0 unspecified atom stereocenters. The summed E-state index contributed by atoms with van der Waals surface area (Å²) < 4.78 is 11.7. The van der Waals surface area contributed by atoms with E-state index in [9.17, 15) is 9.59 Å². The zero-order valence-electron chi connectivity index (χ0n) is 18.3. The molecule has 2 fully saturated rings. The number of benzene rings is 2. The fourth-order valence-electron chi connectivity index (χ4n) is 5.63. The minimum Gasteiger partial charge on any atom is -0.495 e. The van der Waals surface area contributed by atoms with Gasteiger partial charge in [0.2, 0.25) is 11.8 Å². The van der Waals surface area contributed by atoms with Gasteiger partial charge >= 0.3 is 0 Å². The zero-order chi connectivity index (χ0) is 22.6. The molecule has 7 nitrogen and oxygen atoms in total. The lowest BCUT2D eigenvalue weighted by Crippen LogP contribution is -2.44. The highest BCUT2D eigenvalue weighted by Gasteiger charge is 2.67.